The molecule has 2 saturated carbocycles. The highest BCUT2D eigenvalue weighted by molar-refractivity contribution is 6.02. The third kappa shape index (κ3) is 4.04. The van der Waals surface area contributed by atoms with Crippen LogP contribution < -0.4 is 15.5 Å². The lowest BCUT2D eigenvalue weighted by Gasteiger charge is -2.31. The van der Waals surface area contributed by atoms with Crippen LogP contribution in [0.2, 0.25) is 0 Å². The Hall–Kier alpha value is -2.52. The van der Waals surface area contributed by atoms with Gasteiger partial charge in [0.25, 0.3) is 11.6 Å². The number of amides is 1. The zero-order valence-corrected chi connectivity index (χ0v) is 16.7. The van der Waals surface area contributed by atoms with E-state index in [1.54, 1.807) is 13.1 Å². The van der Waals surface area contributed by atoms with Gasteiger partial charge < -0.3 is 15.5 Å². The molecule has 2 unspecified atom stereocenters. The van der Waals surface area contributed by atoms with E-state index >= 15 is 0 Å². The third-order valence-corrected chi connectivity index (χ3v) is 6.67. The van der Waals surface area contributed by atoms with E-state index in [9.17, 15) is 28.1 Å². The second-order valence-electron chi connectivity index (χ2n) is 8.62. The number of fused-ring (bicyclic) bond motifs is 1. The van der Waals surface area contributed by atoms with Gasteiger partial charge in [-0.1, -0.05) is 0 Å². The summed E-state index contributed by atoms with van der Waals surface area (Å²) in [6.45, 7) is 1.62. The monoisotopic (exact) mass is 426 g/mol. The van der Waals surface area contributed by atoms with Crippen LogP contribution >= 0.6 is 0 Å². The summed E-state index contributed by atoms with van der Waals surface area (Å²) in [4.78, 5) is 26.1. The fourth-order valence-corrected chi connectivity index (χ4v) is 4.79. The van der Waals surface area contributed by atoms with Gasteiger partial charge in [-0.2, -0.15) is 13.2 Å². The summed E-state index contributed by atoms with van der Waals surface area (Å²) >= 11 is 0. The first-order valence-electron chi connectivity index (χ1n) is 10.3. The van der Waals surface area contributed by atoms with E-state index in [2.05, 4.69) is 15.5 Å². The Morgan fingerprint density at radius 2 is 1.80 bits per heavy atom. The van der Waals surface area contributed by atoms with Crippen molar-refractivity contribution < 1.29 is 22.9 Å². The molecular formula is C20H25F3N4O3. The summed E-state index contributed by atoms with van der Waals surface area (Å²) in [5.74, 6) is -0.584. The number of hydrogen-bond acceptors (Lipinski definition) is 5. The van der Waals surface area contributed by atoms with Crippen LogP contribution in [0.15, 0.2) is 12.1 Å². The summed E-state index contributed by atoms with van der Waals surface area (Å²) in [5.41, 5.74) is 0.980. The molecule has 1 aromatic carbocycles. The van der Waals surface area contributed by atoms with E-state index < -0.39 is 22.9 Å². The summed E-state index contributed by atoms with van der Waals surface area (Å²) in [5, 5.41) is 17.1. The van der Waals surface area contributed by atoms with Crippen molar-refractivity contribution in [1.29, 1.82) is 0 Å². The molecule has 1 amide bonds. The van der Waals surface area contributed by atoms with Gasteiger partial charge in [-0.05, 0) is 50.0 Å². The molecule has 30 heavy (non-hydrogen) atoms. The van der Waals surface area contributed by atoms with E-state index in [4.69, 9.17) is 0 Å². The van der Waals surface area contributed by atoms with Crippen LogP contribution in [0.25, 0.3) is 0 Å². The van der Waals surface area contributed by atoms with Crippen molar-refractivity contribution >= 4 is 23.0 Å². The van der Waals surface area contributed by atoms with Gasteiger partial charge in [0.2, 0.25) is 0 Å². The SMILES string of the molecule is CNc1cc(N2CC3CC3C2)c(C(=O)N[C@H]2CC[C@H](C(F)(F)F)CC2)cc1[N+](=O)[O-]. The molecule has 7 nitrogen and oxygen atoms in total. The molecule has 1 heterocycles. The Bertz CT molecular complexity index is 842. The number of hydrogen-bond donors (Lipinski definition) is 2. The van der Waals surface area contributed by atoms with Gasteiger partial charge in [0, 0.05) is 32.2 Å². The van der Waals surface area contributed by atoms with Gasteiger partial charge in [0.1, 0.15) is 5.69 Å². The van der Waals surface area contributed by atoms with E-state index in [1.165, 1.54) is 12.5 Å². The number of carbonyl (C=O) groups is 1. The minimum absolute atomic E-state index is 0.0182. The number of nitrogens with zero attached hydrogens (tertiary/aromatic N) is 2. The van der Waals surface area contributed by atoms with E-state index in [-0.39, 0.29) is 43.0 Å². The molecule has 10 heteroatoms. The molecule has 0 spiro atoms. The quantitative estimate of drug-likeness (QED) is 0.550. The van der Waals surface area contributed by atoms with Crippen molar-refractivity contribution in [2.24, 2.45) is 17.8 Å². The van der Waals surface area contributed by atoms with Crippen molar-refractivity contribution in [2.45, 2.75) is 44.3 Å². The summed E-state index contributed by atoms with van der Waals surface area (Å²) in [7, 11) is 1.59. The third-order valence-electron chi connectivity index (χ3n) is 6.67. The summed E-state index contributed by atoms with van der Waals surface area (Å²) < 4.78 is 38.7. The van der Waals surface area contributed by atoms with E-state index in [0.29, 0.717) is 23.2 Å². The van der Waals surface area contributed by atoms with Gasteiger partial charge in [-0.15, -0.1) is 0 Å². The first-order chi connectivity index (χ1) is 14.2. The number of alkyl halides is 3. The fraction of sp³-hybridized carbons (Fsp3) is 0.650. The second kappa shape index (κ2) is 7.63. The van der Waals surface area contributed by atoms with Gasteiger partial charge in [0.15, 0.2) is 0 Å². The van der Waals surface area contributed by atoms with Crippen LogP contribution in [-0.2, 0) is 0 Å². The molecule has 0 bridgehead atoms. The summed E-state index contributed by atoms with van der Waals surface area (Å²) in [6.07, 6.45) is -2.58. The Morgan fingerprint density at radius 3 is 2.33 bits per heavy atom. The molecule has 164 valence electrons. The minimum Gasteiger partial charge on any atom is -0.383 e. The van der Waals surface area contributed by atoms with Crippen LogP contribution in [0, 0.1) is 27.9 Å². The van der Waals surface area contributed by atoms with E-state index in [0.717, 1.165) is 13.1 Å². The number of nitro groups is 1. The highest BCUT2D eigenvalue weighted by Gasteiger charge is 2.46. The first-order valence-corrected chi connectivity index (χ1v) is 10.3. The largest absolute Gasteiger partial charge is 0.391 e. The number of nitro benzene ring substituents is 1. The van der Waals surface area contributed by atoms with Gasteiger partial charge in [-0.3, -0.25) is 14.9 Å². The normalized spacial score (nSPS) is 28.1. The maximum Gasteiger partial charge on any atom is 0.391 e. The van der Waals surface area contributed by atoms with Crippen molar-refractivity contribution in [2.75, 3.05) is 30.4 Å². The standard InChI is InChI=1S/C20H25F3N4O3/c1-24-16-8-17(26-9-11-6-12(11)10-26)15(7-18(16)27(29)30)19(28)25-14-4-2-13(3-5-14)20(21,22)23/h7-8,11-14,24H,2-6,9-10H2,1H3,(H,25,28)/t11?,12?,13-,14-. The van der Waals surface area contributed by atoms with Crippen molar-refractivity contribution in [3.63, 3.8) is 0 Å². The Balaban J connectivity index is 1.55. The Labute approximate surface area is 172 Å². The molecule has 3 aliphatic rings. The number of carbonyl (C=O) groups excluding carboxylic acids is 1. The lowest BCUT2D eigenvalue weighted by Crippen LogP contribution is -2.40. The van der Waals surface area contributed by atoms with Crippen molar-refractivity contribution in [3.8, 4) is 0 Å². The topological polar surface area (TPSA) is 87.5 Å². The predicted octanol–water partition coefficient (Wildman–Crippen LogP) is 3.94. The smallest absolute Gasteiger partial charge is 0.383 e. The number of nitrogens with one attached hydrogen (secondary N) is 2. The maximum atomic E-state index is 13.0. The van der Waals surface area contributed by atoms with Crippen LogP contribution in [0.5, 0.6) is 0 Å². The molecular weight excluding hydrogens is 401 g/mol. The number of halogens is 3. The van der Waals surface area contributed by atoms with Gasteiger partial charge in [-0.25, -0.2) is 0 Å². The molecule has 0 aromatic heterocycles. The molecule has 2 aliphatic carbocycles. The van der Waals surface area contributed by atoms with Gasteiger partial charge in [0.05, 0.1) is 22.1 Å². The number of benzene rings is 1. The average molecular weight is 426 g/mol. The predicted molar refractivity (Wildman–Crippen MR) is 106 cm³/mol. The van der Waals surface area contributed by atoms with Crippen LogP contribution in [-0.4, -0.2) is 43.2 Å². The van der Waals surface area contributed by atoms with Crippen LogP contribution in [0.4, 0.5) is 30.2 Å². The first kappa shape index (κ1) is 20.7. The number of anilines is 2. The highest BCUT2D eigenvalue weighted by atomic mass is 19.4. The van der Waals surface area contributed by atoms with Crippen molar-refractivity contribution in [3.05, 3.63) is 27.8 Å². The lowest BCUT2D eigenvalue weighted by atomic mass is 9.85. The molecule has 2 N–H and O–H groups in total. The molecule has 0 radical (unpaired) electrons. The summed E-state index contributed by atoms with van der Waals surface area (Å²) in [6, 6.07) is 2.55. The Kier molecular flexibility index (Phi) is 5.27. The maximum absolute atomic E-state index is 13.0. The molecule has 1 saturated heterocycles. The molecule has 3 fully saturated rings. The van der Waals surface area contributed by atoms with Crippen molar-refractivity contribution in [1.82, 2.24) is 5.32 Å². The fourth-order valence-electron chi connectivity index (χ4n) is 4.79. The molecule has 1 aromatic rings. The molecule has 1 aliphatic heterocycles. The van der Waals surface area contributed by atoms with Crippen LogP contribution in [0.1, 0.15) is 42.5 Å². The zero-order chi connectivity index (χ0) is 21.6. The van der Waals surface area contributed by atoms with E-state index in [1.807, 2.05) is 0 Å². The Morgan fingerprint density at radius 1 is 1.17 bits per heavy atom. The van der Waals surface area contributed by atoms with Gasteiger partial charge >= 0.3 is 6.18 Å². The second-order valence-corrected chi connectivity index (χ2v) is 8.62. The highest BCUT2D eigenvalue weighted by Crippen LogP contribution is 2.48. The lowest BCUT2D eigenvalue weighted by molar-refractivity contribution is -0.383. The molecule has 4 rings (SSSR count). The average Bonchev–Trinajstić information content (AvgIpc) is 3.31. The minimum atomic E-state index is -4.21. The van der Waals surface area contributed by atoms with Crippen LogP contribution in [0.3, 0.4) is 0 Å². The number of piperidine rings is 1. The number of rotatable bonds is 5. The zero-order valence-electron chi connectivity index (χ0n) is 16.7. The molecule has 2 atom stereocenters.